The molecule has 0 radical (unpaired) electrons. The normalized spacial score (nSPS) is 13.2. The third kappa shape index (κ3) is 7.57. The molecule has 0 saturated carbocycles. The van der Waals surface area contributed by atoms with Crippen LogP contribution >= 0.6 is 0 Å². The van der Waals surface area contributed by atoms with E-state index in [0.717, 1.165) is 21.8 Å². The number of hydrogen-bond donors (Lipinski definition) is 4. The number of rotatable bonds is 15. The number of para-hydroxylation sites is 2. The number of hydrogen-bond acceptors (Lipinski definition) is 10. The van der Waals surface area contributed by atoms with Crippen molar-refractivity contribution in [3.05, 3.63) is 71.8 Å². The molecule has 0 amide bonds. The van der Waals surface area contributed by atoms with E-state index in [2.05, 4.69) is 9.97 Å². The number of aliphatic hydroxyl groups excluding tert-OH is 2. The van der Waals surface area contributed by atoms with Gasteiger partial charge in [0.25, 0.3) is 0 Å². The summed E-state index contributed by atoms with van der Waals surface area (Å²) >= 11 is 0. The van der Waals surface area contributed by atoms with Crippen LogP contribution in [-0.2, 0) is 18.9 Å². The first-order valence-electron chi connectivity index (χ1n) is 12.5. The molecule has 0 bridgehead atoms. The Hall–Kier alpha value is -3.38. The summed E-state index contributed by atoms with van der Waals surface area (Å²) in [6.07, 6.45) is -1.64. The van der Waals surface area contributed by atoms with Crippen LogP contribution in [0.3, 0.4) is 0 Å². The van der Waals surface area contributed by atoms with E-state index in [1.165, 1.54) is 0 Å². The molecule has 10 nitrogen and oxygen atoms in total. The molecule has 2 aromatic heterocycles. The lowest BCUT2D eigenvalue weighted by molar-refractivity contribution is -0.0246. The van der Waals surface area contributed by atoms with Gasteiger partial charge < -0.3 is 40.6 Å². The SMILES string of the molecule is Nc1cc(C(O)COCCOCCOCCOCC(O)c2cc(N)nc3ccccc23)c2ccccc2n1. The summed E-state index contributed by atoms with van der Waals surface area (Å²) in [5, 5.41) is 22.8. The van der Waals surface area contributed by atoms with Gasteiger partial charge in [0.1, 0.15) is 23.8 Å². The zero-order valence-corrected chi connectivity index (χ0v) is 21.2. The molecule has 2 unspecified atom stereocenters. The number of nitrogens with two attached hydrogens (primary N) is 2. The minimum atomic E-state index is -0.818. The molecule has 4 aromatic rings. The summed E-state index contributed by atoms with van der Waals surface area (Å²) in [5.41, 5.74) is 14.6. The molecule has 2 heterocycles. The van der Waals surface area contributed by atoms with Crippen molar-refractivity contribution < 1.29 is 29.2 Å². The van der Waals surface area contributed by atoms with Gasteiger partial charge in [-0.15, -0.1) is 0 Å². The minimum absolute atomic E-state index is 0.123. The summed E-state index contributed by atoms with van der Waals surface area (Å²) in [6.45, 7) is 2.49. The van der Waals surface area contributed by atoms with Gasteiger partial charge in [-0.2, -0.15) is 0 Å². The van der Waals surface area contributed by atoms with Crippen molar-refractivity contribution in [3.8, 4) is 0 Å². The van der Waals surface area contributed by atoms with E-state index >= 15 is 0 Å². The Bertz CT molecular complexity index is 1220. The predicted octanol–water partition coefficient (Wildman–Crippen LogP) is 2.78. The zero-order valence-electron chi connectivity index (χ0n) is 21.2. The molecule has 6 N–H and O–H groups in total. The van der Waals surface area contributed by atoms with Crippen LogP contribution in [0.5, 0.6) is 0 Å². The molecule has 2 atom stereocenters. The third-order valence-electron chi connectivity index (χ3n) is 5.92. The van der Waals surface area contributed by atoms with E-state index in [4.69, 9.17) is 30.4 Å². The van der Waals surface area contributed by atoms with Crippen LogP contribution in [0.2, 0.25) is 0 Å². The van der Waals surface area contributed by atoms with Crippen LogP contribution in [0.25, 0.3) is 21.8 Å². The number of fused-ring (bicyclic) bond motifs is 2. The van der Waals surface area contributed by atoms with Crippen molar-refractivity contribution in [1.29, 1.82) is 0 Å². The van der Waals surface area contributed by atoms with Gasteiger partial charge in [-0.3, -0.25) is 0 Å². The van der Waals surface area contributed by atoms with Gasteiger partial charge in [0, 0.05) is 10.8 Å². The highest BCUT2D eigenvalue weighted by Gasteiger charge is 2.14. The van der Waals surface area contributed by atoms with Crippen molar-refractivity contribution in [3.63, 3.8) is 0 Å². The topological polar surface area (TPSA) is 155 Å². The zero-order chi connectivity index (χ0) is 26.7. The van der Waals surface area contributed by atoms with E-state index < -0.39 is 12.2 Å². The number of nitrogen functional groups attached to an aromatic ring is 2. The molecule has 202 valence electrons. The average molecular weight is 523 g/mol. The van der Waals surface area contributed by atoms with Crippen LogP contribution in [0.15, 0.2) is 60.7 Å². The van der Waals surface area contributed by atoms with Crippen molar-refractivity contribution in [2.45, 2.75) is 12.2 Å². The molecule has 0 spiro atoms. The molecule has 0 saturated heterocycles. The summed E-state index contributed by atoms with van der Waals surface area (Å²) in [6, 6.07) is 18.4. The number of pyridine rings is 2. The highest BCUT2D eigenvalue weighted by Crippen LogP contribution is 2.26. The first kappa shape index (κ1) is 27.6. The number of aliphatic hydroxyl groups is 2. The maximum absolute atomic E-state index is 10.5. The Morgan fingerprint density at radius 2 is 0.947 bits per heavy atom. The van der Waals surface area contributed by atoms with Crippen LogP contribution < -0.4 is 11.5 Å². The Kier molecular flexibility index (Phi) is 10.2. The predicted molar refractivity (Wildman–Crippen MR) is 146 cm³/mol. The first-order valence-corrected chi connectivity index (χ1v) is 12.5. The molecule has 2 aromatic carbocycles. The van der Waals surface area contributed by atoms with Crippen LogP contribution in [0.4, 0.5) is 11.6 Å². The average Bonchev–Trinajstić information content (AvgIpc) is 2.92. The van der Waals surface area contributed by atoms with E-state index in [0.29, 0.717) is 62.4 Å². The fraction of sp³-hybridized carbons (Fsp3) is 0.357. The summed E-state index contributed by atoms with van der Waals surface area (Å²) < 4.78 is 22.1. The lowest BCUT2D eigenvalue weighted by Gasteiger charge is -2.15. The van der Waals surface area contributed by atoms with Crippen molar-refractivity contribution in [2.24, 2.45) is 0 Å². The van der Waals surface area contributed by atoms with Crippen molar-refractivity contribution in [1.82, 2.24) is 9.97 Å². The van der Waals surface area contributed by atoms with E-state index in [9.17, 15) is 10.2 Å². The van der Waals surface area contributed by atoms with Gasteiger partial charge in [0.15, 0.2) is 0 Å². The quantitative estimate of drug-likeness (QED) is 0.171. The molecule has 4 rings (SSSR count). The largest absolute Gasteiger partial charge is 0.386 e. The number of nitrogens with zero attached hydrogens (tertiary/aromatic N) is 2. The molecule has 38 heavy (non-hydrogen) atoms. The molecule has 0 aliphatic carbocycles. The number of benzene rings is 2. The van der Waals surface area contributed by atoms with Gasteiger partial charge in [-0.1, -0.05) is 36.4 Å². The van der Waals surface area contributed by atoms with Gasteiger partial charge in [0.2, 0.25) is 0 Å². The Balaban J connectivity index is 1.04. The van der Waals surface area contributed by atoms with E-state index in [1.807, 2.05) is 48.5 Å². The number of aromatic nitrogens is 2. The standard InChI is InChI=1S/C28H34N4O6/c29-27-15-21(19-5-1-3-7-23(19)31-27)25(33)17-37-13-11-35-9-10-36-12-14-38-18-26(34)22-16-28(30)32-24-8-4-2-6-20(22)24/h1-8,15-16,25-26,33-34H,9-14,17-18H2,(H2,29,31)(H2,30,32). The number of anilines is 2. The van der Waals surface area contributed by atoms with Crippen LogP contribution in [-0.4, -0.2) is 73.0 Å². The Morgan fingerprint density at radius 1 is 0.579 bits per heavy atom. The summed E-state index contributed by atoms with van der Waals surface area (Å²) in [4.78, 5) is 8.56. The maximum atomic E-state index is 10.5. The second kappa shape index (κ2) is 14.0. The molecule has 0 fully saturated rings. The third-order valence-corrected chi connectivity index (χ3v) is 5.92. The van der Waals surface area contributed by atoms with Gasteiger partial charge >= 0.3 is 0 Å². The van der Waals surface area contributed by atoms with Gasteiger partial charge in [0.05, 0.1) is 63.9 Å². The van der Waals surface area contributed by atoms with E-state index in [1.54, 1.807) is 12.1 Å². The lowest BCUT2D eigenvalue weighted by Crippen LogP contribution is -2.15. The highest BCUT2D eigenvalue weighted by molar-refractivity contribution is 5.85. The first-order chi connectivity index (χ1) is 18.5. The smallest absolute Gasteiger partial charge is 0.124 e. The molecule has 0 aliphatic heterocycles. The summed E-state index contributed by atoms with van der Waals surface area (Å²) in [7, 11) is 0. The van der Waals surface area contributed by atoms with Crippen molar-refractivity contribution in [2.75, 3.05) is 64.3 Å². The number of ether oxygens (including phenoxy) is 4. The van der Waals surface area contributed by atoms with Crippen LogP contribution in [0, 0.1) is 0 Å². The fourth-order valence-corrected chi connectivity index (χ4v) is 4.13. The molecule has 10 heteroatoms. The maximum Gasteiger partial charge on any atom is 0.124 e. The molecule has 0 aliphatic rings. The molecular weight excluding hydrogens is 488 g/mol. The van der Waals surface area contributed by atoms with Gasteiger partial charge in [-0.25, -0.2) is 9.97 Å². The lowest BCUT2D eigenvalue weighted by atomic mass is 10.0. The minimum Gasteiger partial charge on any atom is -0.386 e. The van der Waals surface area contributed by atoms with Crippen LogP contribution in [0.1, 0.15) is 23.3 Å². The summed E-state index contributed by atoms with van der Waals surface area (Å²) in [5.74, 6) is 0.713. The second-order valence-corrected chi connectivity index (χ2v) is 8.71. The Morgan fingerprint density at radius 3 is 1.37 bits per heavy atom. The second-order valence-electron chi connectivity index (χ2n) is 8.71. The highest BCUT2D eigenvalue weighted by atomic mass is 16.6. The monoisotopic (exact) mass is 522 g/mol. The fourth-order valence-electron chi connectivity index (χ4n) is 4.13. The molecular formula is C28H34N4O6. The van der Waals surface area contributed by atoms with E-state index in [-0.39, 0.29) is 13.2 Å². The van der Waals surface area contributed by atoms with Crippen molar-refractivity contribution >= 4 is 33.4 Å². The Labute approximate surface area is 221 Å². The van der Waals surface area contributed by atoms with Gasteiger partial charge in [-0.05, 0) is 35.4 Å².